The second-order valence-electron chi connectivity index (χ2n) is 36.2. The summed E-state index contributed by atoms with van der Waals surface area (Å²) in [5.41, 5.74) is 21.0. The number of carboxylic acid groups (broad SMARTS) is 2. The van der Waals surface area contributed by atoms with E-state index in [1.54, 1.807) is 86.5 Å². The summed E-state index contributed by atoms with van der Waals surface area (Å²) in [5.74, 6) is 11.5. The number of ether oxygens (including phenoxy) is 1. The number of halogens is 8. The number of nitrogens with one attached hydrogen (secondary N) is 7. The minimum Gasteiger partial charge on any atom is -0.282 e. The van der Waals surface area contributed by atoms with Crippen molar-refractivity contribution in [1.29, 1.82) is 5.26 Å². The second kappa shape index (κ2) is 117. The number of hydrogen-bond donors (Lipinski definition) is 23. The van der Waals surface area contributed by atoms with Gasteiger partial charge in [-0.1, -0.05) is 152 Å². The third kappa shape index (κ3) is 132. The van der Waals surface area contributed by atoms with Crippen LogP contribution >= 0.6 is 120 Å². The predicted octanol–water partition coefficient (Wildman–Crippen LogP) is 14.7. The molecule has 5 aromatic heterocycles. The zero-order valence-electron chi connectivity index (χ0n) is 90.4. The SMILES string of the molecule is C.C.CB(O)NCC(CC#N)CC(C)C.CB(O)NCC(CC(=O)O)CC(C)C.CB(O)NCC(CC(N)=NO)CC(C)C.CB(O)NCC(CC(N)=O)CC(C)C.CB(O)NCC(Cc1nc(=S)o[nH]1)CC(C)C.CC(C)CC(CN)CC(=O)O.CC(C)CC(CN)Cc1nc(=S)o[nH]1.CC(C)COC(=O)Cl.CCN(CC)CC.Cl.Cl.Cl.Clc1nc(Cl)nc(Cl)n1.F.N.NO.O=BC#CO.S=C(n1ccnc1)n1ccnc1.[2HH].[B]. The Labute approximate surface area is 948 Å². The molecule has 30 N–H and O–H groups in total. The number of carbonyl (C=O) groups excluding carboxylic acids is 2. The van der Waals surface area contributed by atoms with Crippen molar-refractivity contribution in [1.82, 2.24) is 91.5 Å². The van der Waals surface area contributed by atoms with Gasteiger partial charge in [-0.3, -0.25) is 28.2 Å². The van der Waals surface area contributed by atoms with Crippen molar-refractivity contribution in [2.75, 3.05) is 72.1 Å². The maximum Gasteiger partial charge on any atom is 0.190 e. The van der Waals surface area contributed by atoms with E-state index in [1.807, 2.05) is 13.8 Å². The number of primary amides is 1. The van der Waals surface area contributed by atoms with Crippen LogP contribution in [0.25, 0.3) is 0 Å². The average Bonchev–Trinajstić information content (AvgIpc) is 1.74. The molecule has 43 nitrogen and oxygen atoms in total. The Morgan fingerprint density at radius 2 is 0.832 bits per heavy atom. The molecule has 61 heteroatoms. The van der Waals surface area contributed by atoms with Crippen molar-refractivity contribution in [2.24, 2.45) is 123 Å². The van der Waals surface area contributed by atoms with Crippen LogP contribution < -0.4 is 61.1 Å². The van der Waals surface area contributed by atoms with Crippen LogP contribution in [0.5, 0.6) is 0 Å². The third-order valence-corrected chi connectivity index (χ3v) is 19.5. The number of aliphatic hydroxyl groups excluding tert-OH is 1. The van der Waals surface area contributed by atoms with E-state index in [9.17, 15) is 24.2 Å². The van der Waals surface area contributed by atoms with Gasteiger partial charge in [0.05, 0.1) is 12.7 Å². The first-order valence-corrected chi connectivity index (χ1v) is 49.9. The summed E-state index contributed by atoms with van der Waals surface area (Å²) in [5, 5.41) is 117. The van der Waals surface area contributed by atoms with Gasteiger partial charge in [0.1, 0.15) is 30.1 Å². The van der Waals surface area contributed by atoms with Gasteiger partial charge in [0.15, 0.2) is 5.11 Å². The number of hydrogen-bond acceptors (Lipinski definition) is 38. The van der Waals surface area contributed by atoms with Gasteiger partial charge in [-0.05, 0) is 305 Å². The summed E-state index contributed by atoms with van der Waals surface area (Å²) in [6.45, 7) is 57.1. The Kier molecular flexibility index (Phi) is 141. The van der Waals surface area contributed by atoms with E-state index >= 15 is 0 Å². The minimum absolute atomic E-state index is 0. The number of carbonyl (C=O) groups is 4. The average molecular weight is 2320 g/mol. The number of oxime groups is 1. The largest absolute Gasteiger partial charge is 0.282 e. The first-order chi connectivity index (χ1) is 65.9. The van der Waals surface area contributed by atoms with Gasteiger partial charge in [-0.2, -0.15) is 30.2 Å². The Balaban J connectivity index is -0.0000000859. The van der Waals surface area contributed by atoms with E-state index in [-0.39, 0.29) is 147 Å². The Hall–Kier alpha value is -6.19. The molecule has 0 aliphatic heterocycles. The fraction of sp³-hybridized carbons (Fsp3) is 0.750. The molecule has 7 unspecified atom stereocenters. The van der Waals surface area contributed by atoms with Gasteiger partial charge in [-0.25, -0.2) is 31.0 Å². The minimum atomic E-state index is -0.775. The number of rotatable bonds is 49. The fourth-order valence-electron chi connectivity index (χ4n) is 12.7. The zero-order valence-corrected chi connectivity index (χ0v) is 98.3. The quantitative estimate of drug-likeness (QED) is 0.00251. The number of amides is 1. The normalized spacial score (nSPS) is 11.2. The molecule has 0 aliphatic rings. The van der Waals surface area contributed by atoms with Crippen LogP contribution in [0.4, 0.5) is 9.50 Å². The van der Waals surface area contributed by atoms with Gasteiger partial charge in [0.2, 0.25) is 21.8 Å². The maximum atomic E-state index is 10.8. The topological polar surface area (TPSA) is 719 Å². The van der Waals surface area contributed by atoms with Crippen LogP contribution in [0.3, 0.4) is 0 Å². The van der Waals surface area contributed by atoms with Crippen molar-refractivity contribution < 1.29 is 94.7 Å². The zero-order chi connectivity index (χ0) is 110. The number of imidazole rings is 2. The molecular formula is C88H187B7Cl7FN25O18S3. The molecule has 0 aromatic carbocycles. The smallest absolute Gasteiger partial charge is 0.190 e. The molecule has 0 saturated heterocycles. The number of thiocarbonyl (C=S) groups is 1. The van der Waals surface area contributed by atoms with Crippen LogP contribution in [0, 0.1) is 122 Å². The molecule has 5 rings (SSSR count). The van der Waals surface area contributed by atoms with E-state index in [4.69, 9.17) is 171 Å². The number of nitrogens with two attached hydrogens (primary N) is 5. The summed E-state index contributed by atoms with van der Waals surface area (Å²) in [6, 6.07) is 2.18. The van der Waals surface area contributed by atoms with Crippen LogP contribution in [0.15, 0.2) is 51.6 Å². The second-order valence-corrected chi connectivity index (χ2v) is 38.5. The number of nitrogens with zero attached hydrogens (tertiary/aromatic N) is 12. The number of H-pyrrole nitrogens is 2. The van der Waals surface area contributed by atoms with Crippen molar-refractivity contribution in [2.45, 2.75) is 270 Å². The van der Waals surface area contributed by atoms with E-state index in [0.29, 0.717) is 136 Å². The van der Waals surface area contributed by atoms with Crippen molar-refractivity contribution >= 4 is 205 Å². The Morgan fingerprint density at radius 3 is 1.06 bits per heavy atom. The van der Waals surface area contributed by atoms with E-state index in [2.05, 4.69) is 216 Å². The molecule has 5 heterocycles. The summed E-state index contributed by atoms with van der Waals surface area (Å²) in [4.78, 5) is 70.7. The molecule has 3 radical (unpaired) electrons. The fourth-order valence-corrected chi connectivity index (χ4v) is 13.9. The number of aromatic amines is 2. The summed E-state index contributed by atoms with van der Waals surface area (Å²) < 4.78 is 26.8. The summed E-state index contributed by atoms with van der Waals surface area (Å²) >= 11 is 35.5. The van der Waals surface area contributed by atoms with E-state index < -0.39 is 52.6 Å². The Morgan fingerprint density at radius 1 is 0.544 bits per heavy atom. The maximum absolute atomic E-state index is 10.8. The van der Waals surface area contributed by atoms with Crippen LogP contribution in [0.2, 0.25) is 50.0 Å². The third-order valence-electron chi connectivity index (χ3n) is 18.2. The molecule has 7 atom stereocenters. The first kappa shape index (κ1) is 179. The monoisotopic (exact) mass is 2320 g/mol. The van der Waals surface area contributed by atoms with Crippen molar-refractivity contribution in [3.8, 4) is 18.0 Å². The van der Waals surface area contributed by atoms with Gasteiger partial charge in [0, 0.05) is 91.2 Å². The molecule has 0 fully saturated rings. The molecule has 0 saturated carbocycles. The summed E-state index contributed by atoms with van der Waals surface area (Å²) in [6.07, 6.45) is 22.0. The number of aliphatic hydroxyl groups is 1. The number of amidine groups is 1. The molecule has 0 bridgehead atoms. The van der Waals surface area contributed by atoms with Gasteiger partial charge < -0.3 is 120 Å². The molecule has 149 heavy (non-hydrogen) atoms. The van der Waals surface area contributed by atoms with Gasteiger partial charge in [-0.15, -0.1) is 37.2 Å². The molecule has 1 amide bonds. The number of aliphatic carboxylic acids is 2. The van der Waals surface area contributed by atoms with Crippen LogP contribution in [-0.4, -0.2) is 267 Å². The molecular weight excluding hydrogens is 2130 g/mol. The summed E-state index contributed by atoms with van der Waals surface area (Å²) in [7, 11) is -2.27. The van der Waals surface area contributed by atoms with E-state index in [0.717, 1.165) is 82.5 Å². The number of carboxylic acids is 2. The molecule has 0 spiro atoms. The van der Waals surface area contributed by atoms with Crippen molar-refractivity contribution in [3.63, 3.8) is 0 Å². The molecule has 0 aliphatic carbocycles. The van der Waals surface area contributed by atoms with Crippen LogP contribution in [0.1, 0.15) is 237 Å². The standard InChI is InChI=1S/C10H20BN3O2S.C9H22BN3O2.C9H21BN2O2.C9H19BN2O.C9H20BNO3.C9H17N3OS.C8H17NO2.C7H6N4S.C6H15N.C5H9ClO2.C3Cl3N3.C2HBO2.2CH4.B.3ClH.FH.H3NO.H3N.H2/c1-7(2)4-8(6-12-11(3)15)5-9-13-10(17)16-14-9;1-7(2)4-8(5-9(11)13-15)6-12-10(3)14;1-7(2)4-8(5-9(11)13)6-12-10(3)14;1-8(2)6-9(4-5-11)7-12-10(3)13;1-7(2)4-8(5-9(12)13)6-11-10(3)14;1-6(2)3-7(5-10)4-8-11-9(14)13-12-8;1-6(2)3-7(5-9)4-8(10)11;12-7(10-3-1-8-5-10)11-4-2-9-6-11;1-4-7(5-2)6-3;1-4(2)3-8-5(6)7;4-1-7-2(5)9-3(6)8-1;4-2-1-3-5;;;;;;;;1-2;;/h7-8,12,15H,4-6H2,1-3H3,(H,13,14,17);7-8,12,14-15H,4-6H2,1-3H3,(H2,11,13);7-8,12,14H,4-6H2,1-3H3,(H2,11,13);8-9,12-13H,4,6-7H2,1-3H3;7-8,11,14H,4-6H2,1-3H3,(H,12,13);6-7H,3-5,10H2,1-2H3,(H,11,12,14);6-7H,3-5,9H2,1-2H3,(H,10,11);1-6H;4-6H2,1-3H3;4H,3H2,1-2H3;;4H;2*1H4;;4*1H;2H,1H2;1H3;1H/i;;;;;;;;;;;;;;;;;;;;;1+1. The first-order valence-electron chi connectivity index (χ1n) is 47.2. The van der Waals surface area contributed by atoms with Crippen LogP contribution in [-0.2, 0) is 36.7 Å². The Bertz CT molecular complexity index is 4000. The van der Waals surface area contributed by atoms with Crippen molar-refractivity contribution in [3.05, 3.63) is 74.6 Å². The number of aromatic nitrogens is 11. The number of nitriles is 1. The molecule has 5 aromatic rings. The van der Waals surface area contributed by atoms with Gasteiger partial charge in [0.25, 0.3) is 0 Å². The van der Waals surface area contributed by atoms with E-state index in [1.165, 1.54) is 25.7 Å². The van der Waals surface area contributed by atoms with Gasteiger partial charge >= 0.3 is 91.2 Å². The predicted molar refractivity (Wildman–Crippen MR) is 626 cm³/mol. The molecule has 867 valence electrons.